The number of hydrogen-bond donors (Lipinski definition) is 1. The van der Waals surface area contributed by atoms with E-state index < -0.39 is 0 Å². The van der Waals surface area contributed by atoms with E-state index in [-0.39, 0.29) is 11.9 Å². The van der Waals surface area contributed by atoms with Crippen molar-refractivity contribution in [2.24, 2.45) is 0 Å². The van der Waals surface area contributed by atoms with Crippen LogP contribution in [0.5, 0.6) is 0 Å². The molecule has 1 amide bonds. The van der Waals surface area contributed by atoms with Crippen LogP contribution in [0, 0.1) is 6.92 Å². The van der Waals surface area contributed by atoms with Gasteiger partial charge in [0.05, 0.1) is 11.6 Å². The standard InChI is InChI=1S/C14H14N2O3S/c1-3-19-14(18)12-9(2)8-11(20-12)16-13(17)10-4-6-15-7-5-10/h4-8H,3H2,1-2H3,(H,16,17). The molecule has 0 atom stereocenters. The van der Waals surface area contributed by atoms with Crippen LogP contribution in [0.15, 0.2) is 30.6 Å². The van der Waals surface area contributed by atoms with E-state index in [2.05, 4.69) is 10.3 Å². The zero-order valence-electron chi connectivity index (χ0n) is 11.2. The number of thiophene rings is 1. The molecule has 0 saturated carbocycles. The molecule has 6 heteroatoms. The average molecular weight is 290 g/mol. The van der Waals surface area contributed by atoms with E-state index in [4.69, 9.17) is 4.74 Å². The van der Waals surface area contributed by atoms with Gasteiger partial charge in [0.15, 0.2) is 0 Å². The molecular weight excluding hydrogens is 276 g/mol. The maximum atomic E-state index is 12.0. The molecule has 104 valence electrons. The second-order valence-electron chi connectivity index (χ2n) is 4.03. The van der Waals surface area contributed by atoms with Crippen LogP contribution in [-0.2, 0) is 4.74 Å². The van der Waals surface area contributed by atoms with E-state index in [0.29, 0.717) is 22.0 Å². The van der Waals surface area contributed by atoms with Crippen molar-refractivity contribution < 1.29 is 14.3 Å². The topological polar surface area (TPSA) is 68.3 Å². The first kappa shape index (κ1) is 14.2. The minimum Gasteiger partial charge on any atom is -0.462 e. The minimum atomic E-state index is -0.362. The van der Waals surface area contributed by atoms with E-state index in [0.717, 1.165) is 5.56 Å². The fraction of sp³-hybridized carbons (Fsp3) is 0.214. The number of rotatable bonds is 4. The van der Waals surface area contributed by atoms with Crippen LogP contribution in [0.25, 0.3) is 0 Å². The largest absolute Gasteiger partial charge is 0.462 e. The molecule has 0 spiro atoms. The first-order chi connectivity index (χ1) is 9.61. The molecule has 2 heterocycles. The van der Waals surface area contributed by atoms with Gasteiger partial charge in [0.2, 0.25) is 0 Å². The van der Waals surface area contributed by atoms with E-state index in [1.807, 2.05) is 6.92 Å². The molecule has 2 aromatic heterocycles. The van der Waals surface area contributed by atoms with Crippen LogP contribution in [0.2, 0.25) is 0 Å². The van der Waals surface area contributed by atoms with Crippen LogP contribution >= 0.6 is 11.3 Å². The van der Waals surface area contributed by atoms with E-state index in [1.54, 1.807) is 37.5 Å². The van der Waals surface area contributed by atoms with Crippen molar-refractivity contribution >= 4 is 28.2 Å². The SMILES string of the molecule is CCOC(=O)c1sc(NC(=O)c2ccncc2)cc1C. The summed E-state index contributed by atoms with van der Waals surface area (Å²) < 4.78 is 4.96. The number of ether oxygens (including phenoxy) is 1. The first-order valence-electron chi connectivity index (χ1n) is 6.10. The highest BCUT2D eigenvalue weighted by Crippen LogP contribution is 2.27. The summed E-state index contributed by atoms with van der Waals surface area (Å²) in [5.74, 6) is -0.594. The predicted molar refractivity (Wildman–Crippen MR) is 77.2 cm³/mol. The average Bonchev–Trinajstić information content (AvgIpc) is 2.81. The molecule has 0 aliphatic heterocycles. The first-order valence-corrected chi connectivity index (χ1v) is 6.92. The molecule has 0 saturated heterocycles. The number of carbonyl (C=O) groups excluding carboxylic acids is 2. The number of esters is 1. The van der Waals surface area contributed by atoms with Gasteiger partial charge in [-0.2, -0.15) is 0 Å². The number of amides is 1. The summed E-state index contributed by atoms with van der Waals surface area (Å²) in [7, 11) is 0. The van der Waals surface area contributed by atoms with Gasteiger partial charge in [0.25, 0.3) is 5.91 Å². The molecule has 1 N–H and O–H groups in total. The third kappa shape index (κ3) is 3.21. The van der Waals surface area contributed by atoms with Crippen LogP contribution < -0.4 is 5.32 Å². The van der Waals surface area contributed by atoms with Crippen molar-refractivity contribution in [3.8, 4) is 0 Å². The summed E-state index contributed by atoms with van der Waals surface area (Å²) in [6.07, 6.45) is 3.11. The number of hydrogen-bond acceptors (Lipinski definition) is 5. The second-order valence-corrected chi connectivity index (χ2v) is 5.09. The van der Waals surface area contributed by atoms with Gasteiger partial charge in [-0.15, -0.1) is 11.3 Å². The maximum Gasteiger partial charge on any atom is 0.348 e. The highest BCUT2D eigenvalue weighted by atomic mass is 32.1. The molecule has 0 unspecified atom stereocenters. The molecule has 20 heavy (non-hydrogen) atoms. The van der Waals surface area contributed by atoms with E-state index >= 15 is 0 Å². The number of aromatic nitrogens is 1. The summed E-state index contributed by atoms with van der Waals surface area (Å²) in [5.41, 5.74) is 1.31. The lowest BCUT2D eigenvalue weighted by atomic mass is 10.2. The van der Waals surface area contributed by atoms with E-state index in [9.17, 15) is 9.59 Å². The number of nitrogens with zero attached hydrogens (tertiary/aromatic N) is 1. The van der Waals surface area contributed by atoms with Gasteiger partial charge in [0.1, 0.15) is 4.88 Å². The van der Waals surface area contributed by atoms with Crippen molar-refractivity contribution in [2.75, 3.05) is 11.9 Å². The Morgan fingerprint density at radius 1 is 1.35 bits per heavy atom. The van der Waals surface area contributed by atoms with Crippen LogP contribution in [-0.4, -0.2) is 23.5 Å². The van der Waals surface area contributed by atoms with Gasteiger partial charge in [-0.3, -0.25) is 9.78 Å². The quantitative estimate of drug-likeness (QED) is 0.879. The fourth-order valence-corrected chi connectivity index (χ4v) is 2.59. The highest BCUT2D eigenvalue weighted by molar-refractivity contribution is 7.18. The number of nitrogens with one attached hydrogen (secondary N) is 1. The third-order valence-electron chi connectivity index (χ3n) is 2.56. The second kappa shape index (κ2) is 6.29. The normalized spacial score (nSPS) is 10.1. The Kier molecular flexibility index (Phi) is 4.47. The Hall–Kier alpha value is -2.21. The fourth-order valence-electron chi connectivity index (χ4n) is 1.63. The molecule has 0 aliphatic carbocycles. The van der Waals surface area contributed by atoms with E-state index in [1.165, 1.54) is 11.3 Å². The molecule has 0 fully saturated rings. The van der Waals surface area contributed by atoms with Crippen molar-refractivity contribution in [3.05, 3.63) is 46.6 Å². The van der Waals surface area contributed by atoms with Gasteiger partial charge in [-0.05, 0) is 37.6 Å². The molecule has 0 bridgehead atoms. The highest BCUT2D eigenvalue weighted by Gasteiger charge is 2.16. The lowest BCUT2D eigenvalue weighted by molar-refractivity contribution is 0.0531. The van der Waals surface area contributed by atoms with Crippen molar-refractivity contribution in [1.29, 1.82) is 0 Å². The van der Waals surface area contributed by atoms with Crippen LogP contribution in [0.4, 0.5) is 5.00 Å². The van der Waals surface area contributed by atoms with Crippen LogP contribution in [0.3, 0.4) is 0 Å². The van der Waals surface area contributed by atoms with Gasteiger partial charge in [0, 0.05) is 18.0 Å². The molecular formula is C14H14N2O3S. The number of anilines is 1. The zero-order valence-corrected chi connectivity index (χ0v) is 12.0. The summed E-state index contributed by atoms with van der Waals surface area (Å²) in [4.78, 5) is 28.1. The molecule has 5 nitrogen and oxygen atoms in total. The monoisotopic (exact) mass is 290 g/mol. The smallest absolute Gasteiger partial charge is 0.348 e. The zero-order chi connectivity index (χ0) is 14.5. The Morgan fingerprint density at radius 3 is 2.70 bits per heavy atom. The van der Waals surface area contributed by atoms with Gasteiger partial charge in [-0.1, -0.05) is 0 Å². The summed E-state index contributed by atoms with van der Waals surface area (Å²) in [6, 6.07) is 5.01. The van der Waals surface area contributed by atoms with Gasteiger partial charge in [-0.25, -0.2) is 4.79 Å². The predicted octanol–water partition coefficient (Wildman–Crippen LogP) is 2.88. The number of pyridine rings is 1. The summed E-state index contributed by atoms with van der Waals surface area (Å²) in [5, 5.41) is 3.38. The Bertz CT molecular complexity index is 623. The third-order valence-corrected chi connectivity index (χ3v) is 3.69. The number of carbonyl (C=O) groups is 2. The van der Waals surface area contributed by atoms with Gasteiger partial charge < -0.3 is 10.1 Å². The Balaban J connectivity index is 2.13. The van der Waals surface area contributed by atoms with Crippen molar-refractivity contribution in [3.63, 3.8) is 0 Å². The Morgan fingerprint density at radius 2 is 2.05 bits per heavy atom. The molecule has 0 aromatic carbocycles. The minimum absolute atomic E-state index is 0.232. The van der Waals surface area contributed by atoms with Crippen molar-refractivity contribution in [2.45, 2.75) is 13.8 Å². The summed E-state index contributed by atoms with van der Waals surface area (Å²) >= 11 is 1.21. The molecule has 0 aliphatic rings. The van der Waals surface area contributed by atoms with Crippen molar-refractivity contribution in [1.82, 2.24) is 4.98 Å². The Labute approximate surface area is 120 Å². The molecule has 2 aromatic rings. The van der Waals surface area contributed by atoms with Crippen LogP contribution in [0.1, 0.15) is 32.5 Å². The summed E-state index contributed by atoms with van der Waals surface area (Å²) in [6.45, 7) is 3.90. The number of aryl methyl sites for hydroxylation is 1. The lowest BCUT2D eigenvalue weighted by Crippen LogP contribution is -2.10. The molecule has 0 radical (unpaired) electrons. The van der Waals surface area contributed by atoms with Gasteiger partial charge >= 0.3 is 5.97 Å². The lowest BCUT2D eigenvalue weighted by Gasteiger charge is -2.01. The molecule has 2 rings (SSSR count). The maximum absolute atomic E-state index is 12.0.